The molecule has 5 rings (SSSR count). The number of halogens is 4. The van der Waals surface area contributed by atoms with Crippen molar-refractivity contribution in [3.63, 3.8) is 0 Å². The predicted octanol–water partition coefficient (Wildman–Crippen LogP) is 10.8. The van der Waals surface area contributed by atoms with Gasteiger partial charge in [0.05, 0.1) is 12.2 Å². The van der Waals surface area contributed by atoms with Crippen LogP contribution in [0, 0.1) is 12.8 Å². The van der Waals surface area contributed by atoms with Gasteiger partial charge in [0.2, 0.25) is 0 Å². The number of hydrogen-bond donors (Lipinski definition) is 1. The number of aryl methyl sites for hydroxylation is 2. The minimum atomic E-state index is -4.33. The summed E-state index contributed by atoms with van der Waals surface area (Å²) in [4.78, 5) is 0. The van der Waals surface area contributed by atoms with Crippen molar-refractivity contribution >= 4 is 16.8 Å². The van der Waals surface area contributed by atoms with Crippen LogP contribution in [0.25, 0.3) is 11.1 Å². The lowest BCUT2D eigenvalue weighted by molar-refractivity contribution is -0.137. The third kappa shape index (κ3) is 8.97. The molecule has 40 heavy (non-hydrogen) atoms. The lowest BCUT2D eigenvalue weighted by Crippen LogP contribution is -2.04. The van der Waals surface area contributed by atoms with Gasteiger partial charge in [0.1, 0.15) is 0 Å². The highest BCUT2D eigenvalue weighted by Gasteiger charge is 2.30. The zero-order valence-electron chi connectivity index (χ0n) is 24.1. The van der Waals surface area contributed by atoms with Gasteiger partial charge in [-0.2, -0.15) is 13.2 Å². The Bertz CT molecular complexity index is 1220. The smallest absolute Gasteiger partial charge is 0.399 e. The number of unbranched alkanes of at least 4 members (excludes halogenated alkanes) is 1. The highest BCUT2D eigenvalue weighted by molar-refractivity contribution is 6.00. The summed E-state index contributed by atoms with van der Waals surface area (Å²) in [5.41, 5.74) is 13.6. The molecule has 0 amide bonds. The molecule has 0 aliphatic heterocycles. The first-order chi connectivity index (χ1) is 19.1. The number of fused-ring (bicyclic) bond motifs is 1. The van der Waals surface area contributed by atoms with E-state index in [0.717, 1.165) is 77.1 Å². The van der Waals surface area contributed by atoms with Gasteiger partial charge in [-0.05, 0) is 96.2 Å². The van der Waals surface area contributed by atoms with E-state index in [-0.39, 0.29) is 6.67 Å². The molecule has 0 spiro atoms. The normalized spacial score (nSPS) is 15.4. The summed E-state index contributed by atoms with van der Waals surface area (Å²) in [5.74, 6) is 1.05. The second-order valence-corrected chi connectivity index (χ2v) is 11.0. The molecule has 2 aliphatic rings. The van der Waals surface area contributed by atoms with E-state index < -0.39 is 11.7 Å². The first-order valence-corrected chi connectivity index (χ1v) is 14.6. The van der Waals surface area contributed by atoms with Crippen molar-refractivity contribution in [1.82, 2.24) is 0 Å². The third-order valence-electron chi connectivity index (χ3n) is 7.61. The summed E-state index contributed by atoms with van der Waals surface area (Å²) >= 11 is 0. The van der Waals surface area contributed by atoms with Gasteiger partial charge in [0, 0.05) is 5.69 Å². The van der Waals surface area contributed by atoms with E-state index in [2.05, 4.69) is 31.2 Å². The van der Waals surface area contributed by atoms with Crippen LogP contribution in [0.5, 0.6) is 0 Å². The molecule has 1 nitrogen and oxygen atoms in total. The average molecular weight is 554 g/mol. The summed E-state index contributed by atoms with van der Waals surface area (Å²) < 4.78 is 50.0. The summed E-state index contributed by atoms with van der Waals surface area (Å²) in [6.07, 6.45) is 5.91. The van der Waals surface area contributed by atoms with Gasteiger partial charge < -0.3 is 5.73 Å². The zero-order valence-corrected chi connectivity index (χ0v) is 24.1. The fourth-order valence-corrected chi connectivity index (χ4v) is 5.27. The Kier molecular flexibility index (Phi) is 11.8. The van der Waals surface area contributed by atoms with Crippen LogP contribution in [0.3, 0.4) is 0 Å². The number of rotatable bonds is 4. The summed E-state index contributed by atoms with van der Waals surface area (Å²) in [7, 11) is 0. The minimum Gasteiger partial charge on any atom is -0.399 e. The van der Waals surface area contributed by atoms with Crippen molar-refractivity contribution in [2.24, 2.45) is 5.92 Å². The zero-order chi connectivity index (χ0) is 29.1. The summed E-state index contributed by atoms with van der Waals surface area (Å²) in [6.45, 7) is 6.19. The van der Waals surface area contributed by atoms with Crippen LogP contribution in [0.2, 0.25) is 0 Å². The molecule has 0 atom stereocenters. The van der Waals surface area contributed by atoms with Crippen molar-refractivity contribution in [3.8, 4) is 0 Å². The highest BCUT2D eigenvalue weighted by atomic mass is 19.4. The largest absolute Gasteiger partial charge is 0.416 e. The Morgan fingerprint density at radius 3 is 1.95 bits per heavy atom. The molecule has 1 saturated carbocycles. The molecule has 0 radical (unpaired) electrons. The number of nitrogen functional groups attached to an aromatic ring is 1. The number of nitrogens with two attached hydrogens (primary N) is 1. The number of alkyl halides is 4. The molecule has 3 aromatic rings. The van der Waals surface area contributed by atoms with E-state index in [1.54, 1.807) is 12.1 Å². The fraction of sp³-hybridized carbons (Fsp3) is 0.429. The van der Waals surface area contributed by atoms with E-state index in [9.17, 15) is 17.6 Å². The number of hydrogen-bond acceptors (Lipinski definition) is 1. The second kappa shape index (κ2) is 15.1. The minimum absolute atomic E-state index is 0.156. The van der Waals surface area contributed by atoms with Gasteiger partial charge in [0.15, 0.2) is 0 Å². The van der Waals surface area contributed by atoms with E-state index in [1.807, 2.05) is 32.0 Å². The van der Waals surface area contributed by atoms with Gasteiger partial charge in [-0.15, -0.1) is 0 Å². The molecule has 3 aromatic carbocycles. The Morgan fingerprint density at radius 1 is 0.825 bits per heavy atom. The van der Waals surface area contributed by atoms with E-state index in [1.165, 1.54) is 43.4 Å². The van der Waals surface area contributed by atoms with E-state index >= 15 is 0 Å². The van der Waals surface area contributed by atoms with Gasteiger partial charge in [0.25, 0.3) is 0 Å². The molecule has 0 saturated heterocycles. The van der Waals surface area contributed by atoms with E-state index in [4.69, 9.17) is 5.73 Å². The number of benzene rings is 3. The second-order valence-electron chi connectivity index (χ2n) is 11.0. The quantitative estimate of drug-likeness (QED) is 0.252. The molecule has 0 heterocycles. The maximum Gasteiger partial charge on any atom is 0.416 e. The van der Waals surface area contributed by atoms with Crippen LogP contribution in [-0.4, -0.2) is 6.67 Å². The fourth-order valence-electron chi connectivity index (χ4n) is 5.27. The van der Waals surface area contributed by atoms with Crippen molar-refractivity contribution in [2.45, 2.75) is 84.7 Å². The molecule has 0 aromatic heterocycles. The van der Waals surface area contributed by atoms with Gasteiger partial charge >= 0.3 is 6.18 Å². The molecule has 0 bridgehead atoms. The Morgan fingerprint density at radius 2 is 1.45 bits per heavy atom. The lowest BCUT2D eigenvalue weighted by atomic mass is 9.87. The monoisotopic (exact) mass is 553 g/mol. The standard InChI is InChI=1S/C25H22F3N.C6H12.C4H9F/c1-16-5-7-18(8-6-16)24-22(17-9-11-20(12-10-17)25(26,27)28)4-2-3-19-15-21(29)13-14-23(19)24;1-6-4-2-3-5-6;1-2-3-4-5/h5-15H,2-4,29H2,1H3;6H,2-5H2,1H3;2-4H2,1H3. The Hall–Kier alpha value is -3.08. The van der Waals surface area contributed by atoms with Crippen LogP contribution in [0.1, 0.15) is 98.6 Å². The first kappa shape index (κ1) is 31.4. The molecular weight excluding hydrogens is 510 g/mol. The van der Waals surface area contributed by atoms with Gasteiger partial charge in [-0.3, -0.25) is 4.39 Å². The maximum atomic E-state index is 13.0. The van der Waals surface area contributed by atoms with Gasteiger partial charge in [-0.1, -0.05) is 94.0 Å². The third-order valence-corrected chi connectivity index (χ3v) is 7.61. The highest BCUT2D eigenvalue weighted by Crippen LogP contribution is 2.41. The molecular formula is C35H43F4N. The number of allylic oxidation sites excluding steroid dienone is 1. The Labute approximate surface area is 237 Å². The molecule has 5 heteroatoms. The molecule has 2 aliphatic carbocycles. The summed E-state index contributed by atoms with van der Waals surface area (Å²) in [6, 6.07) is 19.8. The molecule has 2 N–H and O–H groups in total. The maximum absolute atomic E-state index is 13.0. The van der Waals surface area contributed by atoms with E-state index in [0.29, 0.717) is 0 Å². The predicted molar refractivity (Wildman–Crippen MR) is 161 cm³/mol. The van der Waals surface area contributed by atoms with Gasteiger partial charge in [-0.25, -0.2) is 0 Å². The Balaban J connectivity index is 0.000000336. The number of anilines is 1. The molecule has 1 fully saturated rings. The van der Waals surface area contributed by atoms with Crippen LogP contribution in [0.4, 0.5) is 23.2 Å². The average Bonchev–Trinajstić information content (AvgIpc) is 3.33. The van der Waals surface area contributed by atoms with Crippen molar-refractivity contribution in [1.29, 1.82) is 0 Å². The van der Waals surface area contributed by atoms with Crippen LogP contribution in [-0.2, 0) is 12.6 Å². The van der Waals surface area contributed by atoms with Crippen LogP contribution >= 0.6 is 0 Å². The lowest BCUT2D eigenvalue weighted by Gasteiger charge is -2.17. The SMILES string of the molecule is CC1CCCC1.CCCCF.Cc1ccc(C2=C(c3ccc(C(F)(F)F)cc3)CCCc3cc(N)ccc32)cc1. The topological polar surface area (TPSA) is 26.0 Å². The van der Waals surface area contributed by atoms with Crippen molar-refractivity contribution in [3.05, 3.63) is 100 Å². The summed E-state index contributed by atoms with van der Waals surface area (Å²) in [5, 5.41) is 0. The molecule has 0 unspecified atom stereocenters. The van der Waals surface area contributed by atoms with Crippen LogP contribution < -0.4 is 5.73 Å². The first-order valence-electron chi connectivity index (χ1n) is 14.6. The van der Waals surface area contributed by atoms with Crippen molar-refractivity contribution < 1.29 is 17.6 Å². The van der Waals surface area contributed by atoms with Crippen molar-refractivity contribution in [2.75, 3.05) is 12.4 Å². The van der Waals surface area contributed by atoms with Crippen LogP contribution in [0.15, 0.2) is 66.7 Å². The molecule has 216 valence electrons.